The summed E-state index contributed by atoms with van der Waals surface area (Å²) in [6.45, 7) is 0.754. The van der Waals surface area contributed by atoms with Gasteiger partial charge in [0.15, 0.2) is 23.2 Å². The Balaban J connectivity index is 1.54. The Morgan fingerprint density at radius 3 is 2.59 bits per heavy atom. The molecule has 7 heteroatoms. The Hall–Kier alpha value is -3.35. The number of likely N-dealkylation sites (N-methyl/N-ethyl adjacent to an activating group) is 1. The van der Waals surface area contributed by atoms with Crippen molar-refractivity contribution in [1.82, 2.24) is 24.0 Å². The molecule has 136 valence electrons. The molecule has 1 saturated heterocycles. The molecular formula is C20H19N5O2. The molecular weight excluding hydrogens is 342 g/mol. The van der Waals surface area contributed by atoms with E-state index in [0.717, 1.165) is 29.8 Å². The number of likely N-dealkylation sites (tertiary alicyclic amines) is 1. The number of hydrogen-bond donors (Lipinski definition) is 0. The first kappa shape index (κ1) is 15.9. The second-order valence-corrected chi connectivity index (χ2v) is 6.87. The summed E-state index contributed by atoms with van der Waals surface area (Å²) in [6.07, 6.45) is 4.32. The Labute approximate surface area is 155 Å². The summed E-state index contributed by atoms with van der Waals surface area (Å²) in [4.78, 5) is 23.3. The molecule has 0 spiro atoms. The van der Waals surface area contributed by atoms with Crippen molar-refractivity contribution in [2.24, 2.45) is 7.05 Å². The lowest BCUT2D eigenvalue weighted by atomic mass is 10.2. The predicted octanol–water partition coefficient (Wildman–Crippen LogP) is 3.10. The second kappa shape index (κ2) is 5.84. The number of carbonyl (C=O) groups is 1. The lowest BCUT2D eigenvalue weighted by molar-refractivity contribution is -0.129. The van der Waals surface area contributed by atoms with E-state index in [2.05, 4.69) is 9.97 Å². The van der Waals surface area contributed by atoms with Gasteiger partial charge in [-0.25, -0.2) is 9.97 Å². The molecule has 3 aromatic heterocycles. The molecule has 27 heavy (non-hydrogen) atoms. The Morgan fingerprint density at radius 1 is 1.07 bits per heavy atom. The van der Waals surface area contributed by atoms with Crippen LogP contribution in [0, 0.1) is 0 Å². The number of hydrogen-bond acceptors (Lipinski definition) is 4. The van der Waals surface area contributed by atoms with Gasteiger partial charge in [0.05, 0.1) is 11.0 Å². The smallest absolute Gasteiger partial charge is 0.245 e. The fourth-order valence-corrected chi connectivity index (χ4v) is 3.76. The number of benzene rings is 1. The molecule has 0 bridgehead atoms. The molecule has 5 rings (SSSR count). The van der Waals surface area contributed by atoms with Gasteiger partial charge in [-0.15, -0.1) is 0 Å². The summed E-state index contributed by atoms with van der Waals surface area (Å²) in [5, 5.41) is 0. The maximum atomic E-state index is 12.4. The van der Waals surface area contributed by atoms with Gasteiger partial charge in [0.25, 0.3) is 0 Å². The van der Waals surface area contributed by atoms with Crippen molar-refractivity contribution in [1.29, 1.82) is 0 Å². The van der Waals surface area contributed by atoms with E-state index in [9.17, 15) is 4.79 Å². The number of nitrogens with zero attached hydrogens (tertiary/aromatic N) is 5. The van der Waals surface area contributed by atoms with Gasteiger partial charge in [-0.3, -0.25) is 4.79 Å². The highest BCUT2D eigenvalue weighted by Gasteiger charge is 2.32. The van der Waals surface area contributed by atoms with Crippen LogP contribution in [0.1, 0.15) is 12.5 Å². The van der Waals surface area contributed by atoms with E-state index in [0.29, 0.717) is 17.3 Å². The number of aromatic nitrogens is 4. The van der Waals surface area contributed by atoms with Gasteiger partial charge in [-0.2, -0.15) is 0 Å². The molecule has 0 saturated carbocycles. The average molecular weight is 361 g/mol. The maximum Gasteiger partial charge on any atom is 0.245 e. The molecule has 0 aliphatic carbocycles. The van der Waals surface area contributed by atoms with E-state index in [1.165, 1.54) is 0 Å². The molecule has 1 aromatic carbocycles. The van der Waals surface area contributed by atoms with Crippen LogP contribution in [-0.2, 0) is 11.8 Å². The minimum absolute atomic E-state index is 0.108. The third-order valence-electron chi connectivity index (χ3n) is 5.24. The van der Waals surface area contributed by atoms with Crippen LogP contribution in [0.25, 0.3) is 34.2 Å². The average Bonchev–Trinajstić information content (AvgIpc) is 3.44. The molecule has 4 heterocycles. The van der Waals surface area contributed by atoms with Crippen LogP contribution in [0.4, 0.5) is 0 Å². The van der Waals surface area contributed by atoms with Gasteiger partial charge in [-0.1, -0.05) is 12.1 Å². The lowest BCUT2D eigenvalue weighted by Gasteiger charge is -2.13. The van der Waals surface area contributed by atoms with Gasteiger partial charge >= 0.3 is 0 Å². The Morgan fingerprint density at radius 2 is 1.85 bits per heavy atom. The normalized spacial score (nSPS) is 17.3. The number of imidazole rings is 2. The van der Waals surface area contributed by atoms with Crippen molar-refractivity contribution in [3.05, 3.63) is 48.8 Å². The van der Waals surface area contributed by atoms with Crippen LogP contribution in [0.3, 0.4) is 0 Å². The van der Waals surface area contributed by atoms with Gasteiger partial charge in [0.2, 0.25) is 5.91 Å². The summed E-state index contributed by atoms with van der Waals surface area (Å²) in [6, 6.07) is 11.5. The van der Waals surface area contributed by atoms with E-state index < -0.39 is 0 Å². The van der Waals surface area contributed by atoms with Crippen LogP contribution in [0.2, 0.25) is 0 Å². The quantitative estimate of drug-likeness (QED) is 0.562. The molecule has 4 aromatic rings. The minimum atomic E-state index is -0.225. The first-order valence-electron chi connectivity index (χ1n) is 8.93. The van der Waals surface area contributed by atoms with Crippen molar-refractivity contribution in [3.8, 4) is 23.2 Å². The number of aryl methyl sites for hydroxylation is 1. The highest BCUT2D eigenvalue weighted by atomic mass is 16.3. The van der Waals surface area contributed by atoms with Crippen molar-refractivity contribution in [2.75, 3.05) is 13.6 Å². The Kier molecular flexibility index (Phi) is 3.43. The minimum Gasteiger partial charge on any atom is -0.450 e. The van der Waals surface area contributed by atoms with Crippen molar-refractivity contribution >= 4 is 16.9 Å². The second-order valence-electron chi connectivity index (χ2n) is 6.87. The summed E-state index contributed by atoms with van der Waals surface area (Å²) < 4.78 is 10.0. The molecule has 0 unspecified atom stereocenters. The molecule has 7 nitrogen and oxygen atoms in total. The molecule has 0 radical (unpaired) electrons. The third kappa shape index (κ3) is 2.38. The van der Waals surface area contributed by atoms with Crippen LogP contribution in [0.15, 0.2) is 53.2 Å². The third-order valence-corrected chi connectivity index (χ3v) is 5.24. The molecule has 1 fully saturated rings. The van der Waals surface area contributed by atoms with Crippen LogP contribution in [0.5, 0.6) is 0 Å². The van der Waals surface area contributed by atoms with Gasteiger partial charge < -0.3 is 18.5 Å². The number of rotatable bonds is 3. The molecule has 1 amide bonds. The standard InChI is InChI=1S/C20H19N5O2/c1-23-11-9-15(20(23)26)25-12-10-21-18(25)16-7-8-17(27-16)19-22-13-5-3-4-6-14(13)24(19)2/h3-8,10,12,15H,9,11H2,1-2H3/t15-/m1/s1. The first-order valence-corrected chi connectivity index (χ1v) is 8.93. The van der Waals surface area contributed by atoms with E-state index >= 15 is 0 Å². The fourth-order valence-electron chi connectivity index (χ4n) is 3.76. The van der Waals surface area contributed by atoms with E-state index in [1.807, 2.05) is 65.8 Å². The summed E-state index contributed by atoms with van der Waals surface area (Å²) >= 11 is 0. The number of para-hydroxylation sites is 2. The number of fused-ring (bicyclic) bond motifs is 1. The molecule has 0 N–H and O–H groups in total. The van der Waals surface area contributed by atoms with Gasteiger partial charge in [-0.05, 0) is 30.7 Å². The topological polar surface area (TPSA) is 69.1 Å². The first-order chi connectivity index (χ1) is 13.1. The van der Waals surface area contributed by atoms with Crippen molar-refractivity contribution < 1.29 is 9.21 Å². The van der Waals surface area contributed by atoms with E-state index in [4.69, 9.17) is 4.42 Å². The zero-order valence-electron chi connectivity index (χ0n) is 15.2. The molecule has 1 atom stereocenters. The van der Waals surface area contributed by atoms with Crippen LogP contribution < -0.4 is 0 Å². The lowest BCUT2D eigenvalue weighted by Crippen LogP contribution is -2.24. The number of amides is 1. The van der Waals surface area contributed by atoms with Crippen LogP contribution in [-0.4, -0.2) is 43.5 Å². The highest BCUT2D eigenvalue weighted by molar-refractivity contribution is 5.83. The van der Waals surface area contributed by atoms with Crippen LogP contribution >= 0.6 is 0 Å². The number of carbonyl (C=O) groups excluding carboxylic acids is 1. The van der Waals surface area contributed by atoms with E-state index in [-0.39, 0.29) is 11.9 Å². The fraction of sp³-hybridized carbons (Fsp3) is 0.250. The maximum absolute atomic E-state index is 12.4. The van der Waals surface area contributed by atoms with Gasteiger partial charge in [0.1, 0.15) is 6.04 Å². The molecule has 1 aliphatic rings. The highest BCUT2D eigenvalue weighted by Crippen LogP contribution is 2.32. The number of furan rings is 1. The Bertz CT molecular complexity index is 1150. The van der Waals surface area contributed by atoms with Gasteiger partial charge in [0, 0.05) is 33.0 Å². The predicted molar refractivity (Wildman–Crippen MR) is 101 cm³/mol. The zero-order valence-corrected chi connectivity index (χ0v) is 15.2. The van der Waals surface area contributed by atoms with E-state index in [1.54, 1.807) is 11.1 Å². The summed E-state index contributed by atoms with van der Waals surface area (Å²) in [5.74, 6) is 2.83. The summed E-state index contributed by atoms with van der Waals surface area (Å²) in [7, 11) is 3.80. The largest absolute Gasteiger partial charge is 0.450 e. The van der Waals surface area contributed by atoms with Crippen molar-refractivity contribution in [2.45, 2.75) is 12.5 Å². The van der Waals surface area contributed by atoms with Crippen molar-refractivity contribution in [3.63, 3.8) is 0 Å². The summed E-state index contributed by atoms with van der Waals surface area (Å²) in [5.41, 5.74) is 1.97. The monoisotopic (exact) mass is 361 g/mol. The SMILES string of the molecule is CN1CC[C@@H](n2ccnc2-c2ccc(-c3nc4ccccc4n3C)o2)C1=O. The zero-order chi connectivity index (χ0) is 18.5. The molecule has 1 aliphatic heterocycles.